The molecule has 0 aliphatic carbocycles. The second-order valence-corrected chi connectivity index (χ2v) is 5.65. The zero-order chi connectivity index (χ0) is 12.2. The highest BCUT2D eigenvalue weighted by atomic mass is 16.4. The standard InChI is InChI=1S/C13H25NO2/c1-4-5-6-8-14-9-7-11(12(15)16)13(2,3)10-14/h11H,4-10H2,1-3H3,(H,15,16). The summed E-state index contributed by atoms with van der Waals surface area (Å²) in [4.78, 5) is 13.5. The Bertz CT molecular complexity index is 238. The van der Waals surface area contributed by atoms with Gasteiger partial charge < -0.3 is 10.0 Å². The molecule has 16 heavy (non-hydrogen) atoms. The summed E-state index contributed by atoms with van der Waals surface area (Å²) in [5.41, 5.74) is -0.0870. The van der Waals surface area contributed by atoms with E-state index in [1.165, 1.54) is 19.3 Å². The molecule has 1 N–H and O–H groups in total. The molecule has 1 fully saturated rings. The number of aliphatic carboxylic acids is 1. The van der Waals surface area contributed by atoms with Crippen LogP contribution in [0.15, 0.2) is 0 Å². The average molecular weight is 227 g/mol. The van der Waals surface area contributed by atoms with Crippen LogP contribution in [-0.4, -0.2) is 35.6 Å². The highest BCUT2D eigenvalue weighted by Crippen LogP contribution is 2.35. The summed E-state index contributed by atoms with van der Waals surface area (Å²) in [6.07, 6.45) is 4.56. The van der Waals surface area contributed by atoms with Gasteiger partial charge in [-0.05, 0) is 31.3 Å². The highest BCUT2D eigenvalue weighted by molar-refractivity contribution is 5.71. The molecule has 0 amide bonds. The van der Waals surface area contributed by atoms with Gasteiger partial charge in [0.1, 0.15) is 0 Å². The van der Waals surface area contributed by atoms with E-state index in [1.807, 2.05) is 0 Å². The van der Waals surface area contributed by atoms with Crippen LogP contribution < -0.4 is 0 Å². The van der Waals surface area contributed by atoms with E-state index in [9.17, 15) is 4.79 Å². The van der Waals surface area contributed by atoms with Crippen molar-refractivity contribution in [1.29, 1.82) is 0 Å². The molecule has 1 heterocycles. The van der Waals surface area contributed by atoms with E-state index in [4.69, 9.17) is 5.11 Å². The summed E-state index contributed by atoms with van der Waals surface area (Å²) in [6, 6.07) is 0. The van der Waals surface area contributed by atoms with E-state index < -0.39 is 5.97 Å². The number of piperidine rings is 1. The molecule has 3 heteroatoms. The number of carboxylic acid groups (broad SMARTS) is 1. The number of unbranched alkanes of at least 4 members (excludes halogenated alkanes) is 2. The Morgan fingerprint density at radius 2 is 2.12 bits per heavy atom. The number of rotatable bonds is 5. The van der Waals surface area contributed by atoms with Crippen molar-refractivity contribution < 1.29 is 9.90 Å². The maximum Gasteiger partial charge on any atom is 0.307 e. The maximum absolute atomic E-state index is 11.1. The van der Waals surface area contributed by atoms with Gasteiger partial charge >= 0.3 is 5.97 Å². The quantitative estimate of drug-likeness (QED) is 0.734. The van der Waals surface area contributed by atoms with Crippen molar-refractivity contribution in [2.24, 2.45) is 11.3 Å². The van der Waals surface area contributed by atoms with E-state index in [2.05, 4.69) is 25.7 Å². The van der Waals surface area contributed by atoms with Gasteiger partial charge in [0.05, 0.1) is 5.92 Å². The second-order valence-electron chi connectivity index (χ2n) is 5.65. The first kappa shape index (κ1) is 13.5. The molecule has 1 unspecified atom stereocenters. The summed E-state index contributed by atoms with van der Waals surface area (Å²) in [5, 5.41) is 9.16. The number of hydrogen-bond acceptors (Lipinski definition) is 2. The van der Waals surface area contributed by atoms with Gasteiger partial charge in [0.15, 0.2) is 0 Å². The van der Waals surface area contributed by atoms with Gasteiger partial charge in [-0.15, -0.1) is 0 Å². The van der Waals surface area contributed by atoms with Gasteiger partial charge in [-0.3, -0.25) is 4.79 Å². The third kappa shape index (κ3) is 3.48. The molecule has 0 radical (unpaired) electrons. The lowest BCUT2D eigenvalue weighted by atomic mass is 9.74. The van der Waals surface area contributed by atoms with Crippen molar-refractivity contribution in [3.05, 3.63) is 0 Å². The molecule has 1 rings (SSSR count). The van der Waals surface area contributed by atoms with E-state index in [0.29, 0.717) is 0 Å². The van der Waals surface area contributed by atoms with Crippen LogP contribution in [0.3, 0.4) is 0 Å². The summed E-state index contributed by atoms with van der Waals surface area (Å²) in [5.74, 6) is -0.798. The molecule has 1 aliphatic heterocycles. The van der Waals surface area contributed by atoms with E-state index in [1.54, 1.807) is 0 Å². The number of carbonyl (C=O) groups is 1. The Morgan fingerprint density at radius 3 is 2.62 bits per heavy atom. The van der Waals surface area contributed by atoms with Crippen molar-refractivity contribution in [3.8, 4) is 0 Å². The molecule has 0 bridgehead atoms. The first-order valence-electron chi connectivity index (χ1n) is 6.42. The van der Waals surface area contributed by atoms with Crippen LogP contribution in [0.25, 0.3) is 0 Å². The van der Waals surface area contributed by atoms with Gasteiger partial charge in [-0.2, -0.15) is 0 Å². The van der Waals surface area contributed by atoms with Gasteiger partial charge in [0, 0.05) is 6.54 Å². The van der Waals surface area contributed by atoms with Gasteiger partial charge in [0.25, 0.3) is 0 Å². The van der Waals surface area contributed by atoms with Gasteiger partial charge in [-0.25, -0.2) is 0 Å². The molecule has 0 aromatic carbocycles. The fraction of sp³-hybridized carbons (Fsp3) is 0.923. The molecule has 1 saturated heterocycles. The minimum Gasteiger partial charge on any atom is -0.481 e. The van der Waals surface area contributed by atoms with E-state index in [-0.39, 0.29) is 11.3 Å². The fourth-order valence-corrected chi connectivity index (χ4v) is 2.70. The van der Waals surface area contributed by atoms with Crippen molar-refractivity contribution in [1.82, 2.24) is 4.90 Å². The first-order chi connectivity index (χ1) is 7.47. The maximum atomic E-state index is 11.1. The van der Waals surface area contributed by atoms with Crippen molar-refractivity contribution >= 4 is 5.97 Å². The number of nitrogens with zero attached hydrogens (tertiary/aromatic N) is 1. The average Bonchev–Trinajstić information content (AvgIpc) is 2.16. The Morgan fingerprint density at radius 1 is 1.44 bits per heavy atom. The van der Waals surface area contributed by atoms with Crippen LogP contribution in [0.1, 0.15) is 46.5 Å². The predicted octanol–water partition coefficient (Wildman–Crippen LogP) is 2.61. The van der Waals surface area contributed by atoms with Crippen LogP contribution in [0.4, 0.5) is 0 Å². The van der Waals surface area contributed by atoms with Crippen LogP contribution in [0, 0.1) is 11.3 Å². The Balaban J connectivity index is 2.44. The number of carboxylic acids is 1. The SMILES string of the molecule is CCCCCN1CCC(C(=O)O)C(C)(C)C1. The molecule has 0 saturated carbocycles. The van der Waals surface area contributed by atoms with Gasteiger partial charge in [-0.1, -0.05) is 33.6 Å². The van der Waals surface area contributed by atoms with Crippen LogP contribution in [-0.2, 0) is 4.79 Å². The van der Waals surface area contributed by atoms with Crippen molar-refractivity contribution in [2.45, 2.75) is 46.5 Å². The highest BCUT2D eigenvalue weighted by Gasteiger charge is 2.39. The normalized spacial score (nSPS) is 25.6. The zero-order valence-corrected chi connectivity index (χ0v) is 10.8. The third-order valence-electron chi connectivity index (χ3n) is 3.68. The molecule has 0 aromatic heterocycles. The van der Waals surface area contributed by atoms with Crippen LogP contribution in [0.2, 0.25) is 0 Å². The summed E-state index contributed by atoms with van der Waals surface area (Å²) < 4.78 is 0. The van der Waals surface area contributed by atoms with E-state index in [0.717, 1.165) is 26.1 Å². The molecule has 1 atom stereocenters. The minimum atomic E-state index is -0.627. The molecular weight excluding hydrogens is 202 g/mol. The topological polar surface area (TPSA) is 40.5 Å². The predicted molar refractivity (Wildman–Crippen MR) is 65.5 cm³/mol. The lowest BCUT2D eigenvalue weighted by molar-refractivity contribution is -0.149. The molecule has 3 nitrogen and oxygen atoms in total. The summed E-state index contributed by atoms with van der Waals surface area (Å²) in [7, 11) is 0. The lowest BCUT2D eigenvalue weighted by Gasteiger charge is -2.42. The van der Waals surface area contributed by atoms with Crippen molar-refractivity contribution in [3.63, 3.8) is 0 Å². The van der Waals surface area contributed by atoms with Crippen molar-refractivity contribution in [2.75, 3.05) is 19.6 Å². The third-order valence-corrected chi connectivity index (χ3v) is 3.68. The largest absolute Gasteiger partial charge is 0.481 e. The molecular formula is C13H25NO2. The smallest absolute Gasteiger partial charge is 0.307 e. The minimum absolute atomic E-state index is 0.0870. The monoisotopic (exact) mass is 227 g/mol. The Hall–Kier alpha value is -0.570. The molecule has 1 aliphatic rings. The summed E-state index contributed by atoms with van der Waals surface area (Å²) in [6.45, 7) is 9.37. The van der Waals surface area contributed by atoms with Gasteiger partial charge in [0.2, 0.25) is 0 Å². The Labute approximate surface area is 98.8 Å². The zero-order valence-electron chi connectivity index (χ0n) is 10.8. The van der Waals surface area contributed by atoms with Crippen LogP contribution >= 0.6 is 0 Å². The molecule has 0 spiro atoms. The number of hydrogen-bond donors (Lipinski definition) is 1. The van der Waals surface area contributed by atoms with Crippen LogP contribution in [0.5, 0.6) is 0 Å². The second kappa shape index (κ2) is 5.67. The first-order valence-corrected chi connectivity index (χ1v) is 6.42. The fourth-order valence-electron chi connectivity index (χ4n) is 2.70. The van der Waals surface area contributed by atoms with E-state index >= 15 is 0 Å². The lowest BCUT2D eigenvalue weighted by Crippen LogP contribution is -2.48. The Kier molecular flexibility index (Phi) is 4.78. The summed E-state index contributed by atoms with van der Waals surface area (Å²) >= 11 is 0. The number of likely N-dealkylation sites (tertiary alicyclic amines) is 1. The molecule has 94 valence electrons. The molecule has 0 aromatic rings.